The molecule has 8 heteroatoms. The van der Waals surface area contributed by atoms with Gasteiger partial charge in [-0.2, -0.15) is 0 Å². The number of para-hydroxylation sites is 1. The van der Waals surface area contributed by atoms with Crippen LogP contribution in [0.15, 0.2) is 53.4 Å². The van der Waals surface area contributed by atoms with Crippen LogP contribution < -0.4 is 10.0 Å². The van der Waals surface area contributed by atoms with E-state index in [9.17, 15) is 13.2 Å². The lowest BCUT2D eigenvalue weighted by molar-refractivity contribution is -0.113. The maximum atomic E-state index is 12.6. The summed E-state index contributed by atoms with van der Waals surface area (Å²) in [5, 5.41) is 3.03. The molecule has 0 bridgehead atoms. The van der Waals surface area contributed by atoms with Crippen molar-refractivity contribution in [3.8, 4) is 0 Å². The molecule has 0 aromatic heterocycles. The van der Waals surface area contributed by atoms with Gasteiger partial charge in [0.2, 0.25) is 5.91 Å². The number of hydrogen-bond acceptors (Lipinski definition) is 4. The molecule has 0 radical (unpaired) electrons. The molecule has 0 aliphatic heterocycles. The Labute approximate surface area is 163 Å². The molecular formula is C18H21ClN2O3S2. The predicted octanol–water partition coefficient (Wildman–Crippen LogP) is 4.61. The topological polar surface area (TPSA) is 75.3 Å². The summed E-state index contributed by atoms with van der Waals surface area (Å²) < 4.78 is 27.6. The Morgan fingerprint density at radius 2 is 1.81 bits per heavy atom. The van der Waals surface area contributed by atoms with Gasteiger partial charge in [-0.05, 0) is 30.3 Å². The van der Waals surface area contributed by atoms with Gasteiger partial charge >= 0.3 is 0 Å². The molecule has 2 N–H and O–H groups in total. The summed E-state index contributed by atoms with van der Waals surface area (Å²) in [6.45, 7) is 6.08. The molecule has 26 heavy (non-hydrogen) atoms. The van der Waals surface area contributed by atoms with Crippen LogP contribution in [-0.4, -0.2) is 24.8 Å². The normalized spacial score (nSPS) is 11.8. The molecule has 2 aromatic rings. The summed E-state index contributed by atoms with van der Waals surface area (Å²) in [6.07, 6.45) is 0. The molecule has 0 saturated heterocycles. The van der Waals surface area contributed by atoms with Crippen molar-refractivity contribution < 1.29 is 13.2 Å². The van der Waals surface area contributed by atoms with Gasteiger partial charge in [0.1, 0.15) is 0 Å². The third-order valence-electron chi connectivity index (χ3n) is 3.18. The molecule has 0 saturated carbocycles. The quantitative estimate of drug-likeness (QED) is 0.726. The summed E-state index contributed by atoms with van der Waals surface area (Å²) in [6, 6.07) is 12.7. The average Bonchev–Trinajstić information content (AvgIpc) is 2.55. The van der Waals surface area contributed by atoms with E-state index in [0.717, 1.165) is 0 Å². The van der Waals surface area contributed by atoms with Crippen molar-refractivity contribution in [1.82, 2.24) is 0 Å². The lowest BCUT2D eigenvalue weighted by atomic mass is 10.3. The highest BCUT2D eigenvalue weighted by molar-refractivity contribution is 8.01. The number of rotatable bonds is 6. The first-order valence-electron chi connectivity index (χ1n) is 7.88. The van der Waals surface area contributed by atoms with Crippen molar-refractivity contribution in [2.45, 2.75) is 30.4 Å². The fraction of sp³-hybridized carbons (Fsp3) is 0.278. The second kappa shape index (κ2) is 8.33. The molecule has 2 aromatic carbocycles. The van der Waals surface area contributed by atoms with Gasteiger partial charge in [0.25, 0.3) is 10.0 Å². The Morgan fingerprint density at radius 1 is 1.12 bits per heavy atom. The number of nitrogens with one attached hydrogen (secondary N) is 2. The van der Waals surface area contributed by atoms with Gasteiger partial charge in [-0.25, -0.2) is 8.42 Å². The molecule has 0 atom stereocenters. The van der Waals surface area contributed by atoms with Gasteiger partial charge in [0.15, 0.2) is 0 Å². The molecule has 5 nitrogen and oxygen atoms in total. The van der Waals surface area contributed by atoms with E-state index in [-0.39, 0.29) is 15.5 Å². The molecule has 1 amide bonds. The molecule has 0 aliphatic carbocycles. The zero-order valence-corrected chi connectivity index (χ0v) is 17.1. The molecule has 140 valence electrons. The van der Waals surface area contributed by atoms with Crippen molar-refractivity contribution in [2.24, 2.45) is 0 Å². The predicted molar refractivity (Wildman–Crippen MR) is 110 cm³/mol. The van der Waals surface area contributed by atoms with E-state index in [1.54, 1.807) is 36.4 Å². The van der Waals surface area contributed by atoms with E-state index in [2.05, 4.69) is 10.0 Å². The lowest BCUT2D eigenvalue weighted by Gasteiger charge is -2.17. The van der Waals surface area contributed by atoms with E-state index >= 15 is 0 Å². The molecule has 2 rings (SSSR count). The minimum Gasteiger partial charge on any atom is -0.325 e. The first-order valence-corrected chi connectivity index (χ1v) is 10.7. The number of hydrogen-bond donors (Lipinski definition) is 2. The Kier molecular flexibility index (Phi) is 6.60. The number of amides is 1. The van der Waals surface area contributed by atoms with Gasteiger partial charge in [-0.3, -0.25) is 9.52 Å². The van der Waals surface area contributed by atoms with Crippen LogP contribution in [0.4, 0.5) is 11.4 Å². The summed E-state index contributed by atoms with van der Waals surface area (Å²) in [5.41, 5.74) is 0.719. The molecular weight excluding hydrogens is 392 g/mol. The molecule has 0 unspecified atom stereocenters. The summed E-state index contributed by atoms with van der Waals surface area (Å²) in [5.74, 6) is 0.108. The van der Waals surface area contributed by atoms with Gasteiger partial charge in [0.05, 0.1) is 21.4 Å². The third-order valence-corrected chi connectivity index (χ3v) is 6.15. The van der Waals surface area contributed by atoms with Crippen molar-refractivity contribution >= 4 is 50.7 Å². The SMILES string of the molecule is CC(C)(C)SCC(=O)Nc1cccc(S(=O)(=O)Nc2ccccc2Cl)c1. The van der Waals surface area contributed by atoms with Crippen LogP contribution in [0.5, 0.6) is 0 Å². The number of carbonyl (C=O) groups is 1. The first-order chi connectivity index (χ1) is 12.1. The van der Waals surface area contributed by atoms with Gasteiger partial charge < -0.3 is 5.32 Å². The maximum Gasteiger partial charge on any atom is 0.262 e. The highest BCUT2D eigenvalue weighted by Crippen LogP contribution is 2.26. The highest BCUT2D eigenvalue weighted by atomic mass is 35.5. The number of carbonyl (C=O) groups excluding carboxylic acids is 1. The molecule has 0 fully saturated rings. The van der Waals surface area contributed by atoms with E-state index in [1.165, 1.54) is 23.9 Å². The van der Waals surface area contributed by atoms with Crippen LogP contribution in [0, 0.1) is 0 Å². The van der Waals surface area contributed by atoms with Crippen LogP contribution in [0.2, 0.25) is 5.02 Å². The Balaban J connectivity index is 2.12. The maximum absolute atomic E-state index is 12.6. The van der Waals surface area contributed by atoms with E-state index in [4.69, 9.17) is 11.6 Å². The summed E-state index contributed by atoms with van der Waals surface area (Å²) >= 11 is 7.52. The Morgan fingerprint density at radius 3 is 2.46 bits per heavy atom. The van der Waals surface area contributed by atoms with Crippen molar-refractivity contribution in [3.05, 3.63) is 53.6 Å². The first kappa shape index (κ1) is 20.6. The zero-order chi connectivity index (χ0) is 19.4. The summed E-state index contributed by atoms with van der Waals surface area (Å²) in [7, 11) is -3.82. The Hall–Kier alpha value is -1.70. The van der Waals surface area contributed by atoms with E-state index in [0.29, 0.717) is 22.2 Å². The smallest absolute Gasteiger partial charge is 0.262 e. The largest absolute Gasteiger partial charge is 0.325 e. The second-order valence-electron chi connectivity index (χ2n) is 6.56. The standard InChI is InChI=1S/C18H21ClN2O3S2/c1-18(2,3)25-12-17(22)20-13-7-6-8-14(11-13)26(23,24)21-16-10-5-4-9-15(16)19/h4-11,21H,12H2,1-3H3,(H,20,22). The van der Waals surface area contributed by atoms with Gasteiger partial charge in [-0.1, -0.05) is 50.6 Å². The lowest BCUT2D eigenvalue weighted by Crippen LogP contribution is -2.19. The highest BCUT2D eigenvalue weighted by Gasteiger charge is 2.17. The fourth-order valence-corrected chi connectivity index (χ4v) is 3.97. The van der Waals surface area contributed by atoms with Crippen LogP contribution in [-0.2, 0) is 14.8 Å². The van der Waals surface area contributed by atoms with Gasteiger partial charge in [0, 0.05) is 10.4 Å². The monoisotopic (exact) mass is 412 g/mol. The minimum atomic E-state index is -3.82. The fourth-order valence-electron chi connectivity index (χ4n) is 1.97. The van der Waals surface area contributed by atoms with Crippen LogP contribution in [0.25, 0.3) is 0 Å². The van der Waals surface area contributed by atoms with Crippen LogP contribution in [0.3, 0.4) is 0 Å². The molecule has 0 spiro atoms. The number of sulfonamides is 1. The minimum absolute atomic E-state index is 0.0264. The van der Waals surface area contributed by atoms with E-state index < -0.39 is 10.0 Å². The third kappa shape index (κ3) is 6.23. The number of halogens is 1. The van der Waals surface area contributed by atoms with Crippen LogP contribution in [0.1, 0.15) is 20.8 Å². The van der Waals surface area contributed by atoms with Crippen molar-refractivity contribution in [1.29, 1.82) is 0 Å². The van der Waals surface area contributed by atoms with Crippen LogP contribution >= 0.6 is 23.4 Å². The summed E-state index contributed by atoms with van der Waals surface area (Å²) in [4.78, 5) is 12.1. The molecule has 0 heterocycles. The van der Waals surface area contributed by atoms with E-state index in [1.807, 2.05) is 20.8 Å². The number of anilines is 2. The number of thioether (sulfide) groups is 1. The number of benzene rings is 2. The zero-order valence-electron chi connectivity index (χ0n) is 14.7. The molecule has 0 aliphatic rings. The van der Waals surface area contributed by atoms with Crippen molar-refractivity contribution in [3.63, 3.8) is 0 Å². The van der Waals surface area contributed by atoms with Gasteiger partial charge in [-0.15, -0.1) is 11.8 Å². The Bertz CT molecular complexity index is 893. The van der Waals surface area contributed by atoms with Crippen molar-refractivity contribution in [2.75, 3.05) is 15.8 Å². The second-order valence-corrected chi connectivity index (χ2v) is 10.5. The average molecular weight is 413 g/mol.